The molecular weight excluding hydrogens is 314 g/mol. The number of hydrogen-bond acceptors (Lipinski definition) is 5. The Morgan fingerprint density at radius 2 is 2.08 bits per heavy atom. The fourth-order valence-corrected chi connectivity index (χ4v) is 3.31. The zero-order valence-corrected chi connectivity index (χ0v) is 14.6. The number of benzene rings is 2. The van der Waals surface area contributed by atoms with E-state index in [4.69, 9.17) is 16.2 Å². The Morgan fingerprint density at radius 3 is 2.84 bits per heavy atom. The predicted octanol–water partition coefficient (Wildman–Crippen LogP) is 2.34. The molecule has 0 radical (unpaired) electrons. The van der Waals surface area contributed by atoms with Gasteiger partial charge in [0, 0.05) is 23.7 Å². The molecule has 0 bridgehead atoms. The molecule has 3 rings (SSSR count). The zero-order valence-electron chi connectivity index (χ0n) is 14.6. The van der Waals surface area contributed by atoms with Crippen LogP contribution < -0.4 is 21.5 Å². The molecule has 134 valence electrons. The lowest BCUT2D eigenvalue weighted by Crippen LogP contribution is -2.40. The summed E-state index contributed by atoms with van der Waals surface area (Å²) in [5.41, 5.74) is 15.6. The number of ether oxygens (including phenoxy) is 1. The van der Waals surface area contributed by atoms with Crippen molar-refractivity contribution in [1.29, 1.82) is 0 Å². The quantitative estimate of drug-likeness (QED) is 0.478. The summed E-state index contributed by atoms with van der Waals surface area (Å²) in [4.78, 5) is 0. The third-order valence-electron chi connectivity index (χ3n) is 4.82. The van der Waals surface area contributed by atoms with E-state index in [0.717, 1.165) is 47.5 Å². The van der Waals surface area contributed by atoms with Gasteiger partial charge in [-0.2, -0.15) is 0 Å². The number of rotatable bonds is 6. The van der Waals surface area contributed by atoms with Crippen LogP contribution in [0.2, 0.25) is 0 Å². The normalized spacial score (nSPS) is 20.8. The van der Waals surface area contributed by atoms with Crippen LogP contribution in [0.4, 0.5) is 5.69 Å². The summed E-state index contributed by atoms with van der Waals surface area (Å²) in [6, 6.07) is 13.6. The molecule has 0 aliphatic heterocycles. The largest absolute Gasteiger partial charge is 0.489 e. The lowest BCUT2D eigenvalue weighted by atomic mass is 9.81. The van der Waals surface area contributed by atoms with Crippen LogP contribution in [-0.4, -0.2) is 17.8 Å². The lowest BCUT2D eigenvalue weighted by molar-refractivity contribution is 0.0915. The molecule has 25 heavy (non-hydrogen) atoms. The Balaban J connectivity index is 1.66. The molecule has 6 N–H and O–H groups in total. The number of nitrogens with one attached hydrogen (secondary N) is 1. The van der Waals surface area contributed by atoms with Gasteiger partial charge in [0.25, 0.3) is 0 Å². The fraction of sp³-hybridized carbons (Fsp3) is 0.400. The molecule has 0 unspecified atom stereocenters. The minimum atomic E-state index is -0.464. The second kappa shape index (κ2) is 7.87. The van der Waals surface area contributed by atoms with Crippen molar-refractivity contribution < 1.29 is 9.84 Å². The minimum absolute atomic E-state index is 0.0604. The van der Waals surface area contributed by atoms with Crippen LogP contribution in [0.3, 0.4) is 0 Å². The predicted molar refractivity (Wildman–Crippen MR) is 100 cm³/mol. The van der Waals surface area contributed by atoms with Crippen LogP contribution in [0.1, 0.15) is 36.1 Å². The highest BCUT2D eigenvalue weighted by Crippen LogP contribution is 2.36. The van der Waals surface area contributed by atoms with E-state index in [1.165, 1.54) is 0 Å². The van der Waals surface area contributed by atoms with Gasteiger partial charge in [-0.3, -0.25) is 0 Å². The van der Waals surface area contributed by atoms with Crippen LogP contribution in [-0.2, 0) is 13.0 Å². The Morgan fingerprint density at radius 1 is 1.28 bits per heavy atom. The number of nitrogen functional groups attached to an aromatic ring is 1. The van der Waals surface area contributed by atoms with Gasteiger partial charge in [0.1, 0.15) is 12.4 Å². The summed E-state index contributed by atoms with van der Waals surface area (Å²) in [5.74, 6) is 0.996. The second-order valence-electron chi connectivity index (χ2n) is 6.79. The third kappa shape index (κ3) is 4.31. The van der Waals surface area contributed by atoms with Crippen molar-refractivity contribution in [3.05, 3.63) is 59.2 Å². The van der Waals surface area contributed by atoms with Crippen molar-refractivity contribution in [2.45, 2.75) is 38.6 Å². The van der Waals surface area contributed by atoms with Gasteiger partial charge in [-0.1, -0.05) is 24.3 Å². The standard InChI is InChI=1S/C20H27N3O2/c1-13(21)23-11-15-7-6-14-10-17(8-9-18(14)20(15)24)25-12-16-4-2-3-5-19(16)22/h2-5,8-10,13,15,20,23-24H,6-7,11-12,21-22H2,1H3/t13-,15+,20-/m0/s1. The summed E-state index contributed by atoms with van der Waals surface area (Å²) < 4.78 is 5.89. The highest BCUT2D eigenvalue weighted by molar-refractivity contribution is 5.46. The highest BCUT2D eigenvalue weighted by Gasteiger charge is 2.28. The molecule has 0 heterocycles. The number of aryl methyl sites for hydroxylation is 1. The topological polar surface area (TPSA) is 93.5 Å². The number of aliphatic hydroxyl groups is 1. The zero-order chi connectivity index (χ0) is 17.8. The van der Waals surface area contributed by atoms with E-state index in [9.17, 15) is 5.11 Å². The average molecular weight is 341 g/mol. The first-order valence-corrected chi connectivity index (χ1v) is 8.80. The molecule has 1 aliphatic carbocycles. The summed E-state index contributed by atoms with van der Waals surface area (Å²) in [6.45, 7) is 3.07. The van der Waals surface area contributed by atoms with Gasteiger partial charge in [0.2, 0.25) is 0 Å². The second-order valence-corrected chi connectivity index (χ2v) is 6.79. The van der Waals surface area contributed by atoms with Crippen LogP contribution in [0.5, 0.6) is 5.75 Å². The molecule has 0 saturated heterocycles. The van der Waals surface area contributed by atoms with Crippen LogP contribution in [0, 0.1) is 5.92 Å². The van der Waals surface area contributed by atoms with Gasteiger partial charge in [0.15, 0.2) is 0 Å². The van der Waals surface area contributed by atoms with E-state index in [1.54, 1.807) is 0 Å². The smallest absolute Gasteiger partial charge is 0.120 e. The van der Waals surface area contributed by atoms with E-state index in [-0.39, 0.29) is 12.1 Å². The van der Waals surface area contributed by atoms with Crippen LogP contribution >= 0.6 is 0 Å². The van der Waals surface area contributed by atoms with Crippen molar-refractivity contribution in [2.75, 3.05) is 12.3 Å². The van der Waals surface area contributed by atoms with E-state index in [1.807, 2.05) is 49.4 Å². The highest BCUT2D eigenvalue weighted by atomic mass is 16.5. The molecule has 5 nitrogen and oxygen atoms in total. The van der Waals surface area contributed by atoms with Gasteiger partial charge in [-0.15, -0.1) is 0 Å². The van der Waals surface area contributed by atoms with E-state index in [0.29, 0.717) is 6.61 Å². The van der Waals surface area contributed by atoms with Gasteiger partial charge in [-0.05, 0) is 49.1 Å². The Hall–Kier alpha value is -2.08. The van der Waals surface area contributed by atoms with Crippen molar-refractivity contribution in [1.82, 2.24) is 5.32 Å². The lowest BCUT2D eigenvalue weighted by Gasteiger charge is -2.31. The summed E-state index contributed by atoms with van der Waals surface area (Å²) in [6.07, 6.45) is 1.34. The molecule has 3 atom stereocenters. The maximum Gasteiger partial charge on any atom is 0.120 e. The van der Waals surface area contributed by atoms with Crippen molar-refractivity contribution in [3.63, 3.8) is 0 Å². The van der Waals surface area contributed by atoms with Crippen LogP contribution in [0.15, 0.2) is 42.5 Å². The molecule has 0 aromatic heterocycles. The minimum Gasteiger partial charge on any atom is -0.489 e. The Labute approximate surface area is 149 Å². The molecule has 0 amide bonds. The van der Waals surface area contributed by atoms with E-state index < -0.39 is 6.10 Å². The molecule has 0 saturated carbocycles. The Bertz CT molecular complexity index is 718. The molecule has 0 fully saturated rings. The monoisotopic (exact) mass is 341 g/mol. The van der Waals surface area contributed by atoms with Gasteiger partial charge >= 0.3 is 0 Å². The van der Waals surface area contributed by atoms with Crippen molar-refractivity contribution >= 4 is 5.69 Å². The van der Waals surface area contributed by atoms with Gasteiger partial charge in [0.05, 0.1) is 12.3 Å². The number of hydrogen-bond donors (Lipinski definition) is 4. The summed E-state index contributed by atoms with van der Waals surface area (Å²) >= 11 is 0. The van der Waals surface area contributed by atoms with Gasteiger partial charge in [-0.25, -0.2) is 0 Å². The molecule has 2 aromatic carbocycles. The maximum atomic E-state index is 10.6. The number of nitrogens with two attached hydrogens (primary N) is 2. The summed E-state index contributed by atoms with van der Waals surface area (Å²) in [5, 5.41) is 13.8. The maximum absolute atomic E-state index is 10.6. The first-order chi connectivity index (χ1) is 12.0. The molecule has 5 heteroatoms. The molecular formula is C20H27N3O2. The third-order valence-corrected chi connectivity index (χ3v) is 4.82. The number of anilines is 1. The first-order valence-electron chi connectivity index (χ1n) is 8.80. The molecule has 2 aromatic rings. The van der Waals surface area contributed by atoms with Gasteiger partial charge < -0.3 is 26.6 Å². The van der Waals surface area contributed by atoms with E-state index in [2.05, 4.69) is 5.32 Å². The Kier molecular flexibility index (Phi) is 5.58. The number of para-hydroxylation sites is 1. The SMILES string of the molecule is C[C@@H](N)NC[C@H]1CCc2cc(OCc3ccccc3N)ccc2[C@H]1O. The van der Waals surface area contributed by atoms with Crippen LogP contribution in [0.25, 0.3) is 0 Å². The average Bonchev–Trinajstić information content (AvgIpc) is 2.60. The van der Waals surface area contributed by atoms with Crippen molar-refractivity contribution in [2.24, 2.45) is 11.7 Å². The number of aliphatic hydroxyl groups excluding tert-OH is 1. The first kappa shape index (κ1) is 17.7. The van der Waals surface area contributed by atoms with Crippen molar-refractivity contribution in [3.8, 4) is 5.75 Å². The molecule has 0 spiro atoms. The fourth-order valence-electron chi connectivity index (χ4n) is 3.31. The summed E-state index contributed by atoms with van der Waals surface area (Å²) in [7, 11) is 0. The van der Waals surface area contributed by atoms with E-state index >= 15 is 0 Å². The molecule has 1 aliphatic rings. The number of fused-ring (bicyclic) bond motifs is 1.